The van der Waals surface area contributed by atoms with Gasteiger partial charge in [0.1, 0.15) is 0 Å². The molecule has 0 bridgehead atoms. The number of carbonyl (C=O) groups is 1. The average Bonchev–Trinajstić information content (AvgIpc) is 2.18. The molecule has 1 saturated carbocycles. The Morgan fingerprint density at radius 1 is 1.40 bits per heavy atom. The Labute approximate surface area is 101 Å². The van der Waals surface area contributed by atoms with Crippen LogP contribution < -0.4 is 5.32 Å². The zero-order valence-electron chi connectivity index (χ0n) is 9.81. The van der Waals surface area contributed by atoms with Crippen LogP contribution in [-0.4, -0.2) is 17.8 Å². The highest BCUT2D eigenvalue weighted by molar-refractivity contribution is 9.09. The molecule has 2 nitrogen and oxygen atoms in total. The first-order chi connectivity index (χ1) is 7.17. The molecule has 1 amide bonds. The summed E-state index contributed by atoms with van der Waals surface area (Å²) in [6.07, 6.45) is 5.62. The standard InChI is InChI=1S/C12H22BrNO/c1-3-12(4-2,8-13)9-14-11(15)10-6-5-7-10/h10H,3-9H2,1-2H3,(H,14,15). The number of carbonyl (C=O) groups excluding carboxylic acids is 1. The molecule has 0 saturated heterocycles. The molecule has 1 fully saturated rings. The van der Waals surface area contributed by atoms with Crippen molar-refractivity contribution < 1.29 is 4.79 Å². The largest absolute Gasteiger partial charge is 0.355 e. The van der Waals surface area contributed by atoms with Crippen LogP contribution in [0.3, 0.4) is 0 Å². The Kier molecular flexibility index (Phi) is 5.10. The lowest BCUT2D eigenvalue weighted by Gasteiger charge is -2.32. The molecule has 0 atom stereocenters. The van der Waals surface area contributed by atoms with E-state index in [1.807, 2.05) is 0 Å². The van der Waals surface area contributed by atoms with Crippen molar-refractivity contribution in [2.75, 3.05) is 11.9 Å². The molecule has 1 aliphatic rings. The van der Waals surface area contributed by atoms with Crippen molar-refractivity contribution in [1.29, 1.82) is 0 Å². The molecule has 0 aromatic rings. The highest BCUT2D eigenvalue weighted by atomic mass is 79.9. The molecule has 0 radical (unpaired) electrons. The summed E-state index contributed by atoms with van der Waals surface area (Å²) < 4.78 is 0. The molecule has 88 valence electrons. The summed E-state index contributed by atoms with van der Waals surface area (Å²) in [5.41, 5.74) is 0.249. The van der Waals surface area contributed by atoms with E-state index in [1.165, 1.54) is 6.42 Å². The minimum Gasteiger partial charge on any atom is -0.355 e. The zero-order chi connectivity index (χ0) is 11.3. The van der Waals surface area contributed by atoms with Crippen molar-refractivity contribution in [3.63, 3.8) is 0 Å². The van der Waals surface area contributed by atoms with E-state index in [1.54, 1.807) is 0 Å². The third kappa shape index (κ3) is 3.20. The van der Waals surface area contributed by atoms with E-state index in [9.17, 15) is 4.79 Å². The molecule has 0 unspecified atom stereocenters. The molecular weight excluding hydrogens is 254 g/mol. The maximum atomic E-state index is 11.7. The van der Waals surface area contributed by atoms with Crippen LogP contribution in [-0.2, 0) is 4.79 Å². The minimum absolute atomic E-state index is 0.249. The van der Waals surface area contributed by atoms with Gasteiger partial charge in [0.05, 0.1) is 0 Å². The smallest absolute Gasteiger partial charge is 0.223 e. The first kappa shape index (κ1) is 13.0. The first-order valence-corrected chi connectivity index (χ1v) is 7.13. The number of amides is 1. The lowest BCUT2D eigenvalue weighted by Crippen LogP contribution is -2.42. The first-order valence-electron chi connectivity index (χ1n) is 6.01. The Bertz CT molecular complexity index is 201. The van der Waals surface area contributed by atoms with Gasteiger partial charge in [-0.2, -0.15) is 0 Å². The molecule has 3 heteroatoms. The van der Waals surface area contributed by atoms with Gasteiger partial charge in [-0.25, -0.2) is 0 Å². The van der Waals surface area contributed by atoms with E-state index in [-0.39, 0.29) is 11.3 Å². The van der Waals surface area contributed by atoms with Gasteiger partial charge in [-0.15, -0.1) is 0 Å². The lowest BCUT2D eigenvalue weighted by atomic mass is 9.82. The second kappa shape index (κ2) is 5.88. The summed E-state index contributed by atoms with van der Waals surface area (Å²) in [4.78, 5) is 11.7. The Morgan fingerprint density at radius 3 is 2.33 bits per heavy atom. The normalized spacial score (nSPS) is 17.3. The molecular formula is C12H22BrNO. The second-order valence-electron chi connectivity index (χ2n) is 4.69. The van der Waals surface area contributed by atoms with Crippen molar-refractivity contribution in [3.8, 4) is 0 Å². The van der Waals surface area contributed by atoms with Crippen LogP contribution >= 0.6 is 15.9 Å². The Balaban J connectivity index is 2.35. The van der Waals surface area contributed by atoms with Gasteiger partial charge in [-0.05, 0) is 31.1 Å². The van der Waals surface area contributed by atoms with Crippen LogP contribution in [0, 0.1) is 11.3 Å². The maximum absolute atomic E-state index is 11.7. The van der Waals surface area contributed by atoms with Gasteiger partial charge in [-0.3, -0.25) is 4.79 Å². The number of rotatable bonds is 6. The monoisotopic (exact) mass is 275 g/mol. The summed E-state index contributed by atoms with van der Waals surface area (Å²) in [6.45, 7) is 5.21. The minimum atomic E-state index is 0.249. The van der Waals surface area contributed by atoms with Crippen molar-refractivity contribution in [2.24, 2.45) is 11.3 Å². The van der Waals surface area contributed by atoms with Crippen LogP contribution in [0.2, 0.25) is 0 Å². The zero-order valence-corrected chi connectivity index (χ0v) is 11.4. The van der Waals surface area contributed by atoms with Gasteiger partial charge in [-0.1, -0.05) is 36.2 Å². The molecule has 0 aromatic carbocycles. The maximum Gasteiger partial charge on any atom is 0.223 e. The quantitative estimate of drug-likeness (QED) is 0.742. The summed E-state index contributed by atoms with van der Waals surface area (Å²) in [5.74, 6) is 0.584. The van der Waals surface area contributed by atoms with Gasteiger partial charge in [0, 0.05) is 17.8 Å². The number of hydrogen-bond donors (Lipinski definition) is 1. The van der Waals surface area contributed by atoms with Gasteiger partial charge >= 0.3 is 0 Å². The Morgan fingerprint density at radius 2 is 2.00 bits per heavy atom. The summed E-state index contributed by atoms with van der Waals surface area (Å²) in [6, 6.07) is 0. The fourth-order valence-electron chi connectivity index (χ4n) is 1.83. The molecule has 1 N–H and O–H groups in total. The molecule has 0 aromatic heterocycles. The third-order valence-corrected chi connectivity index (χ3v) is 5.09. The molecule has 15 heavy (non-hydrogen) atoms. The summed E-state index contributed by atoms with van der Waals surface area (Å²) >= 11 is 3.56. The second-order valence-corrected chi connectivity index (χ2v) is 5.25. The van der Waals surface area contributed by atoms with Crippen molar-refractivity contribution in [1.82, 2.24) is 5.32 Å². The predicted molar refractivity (Wildman–Crippen MR) is 67.2 cm³/mol. The summed E-state index contributed by atoms with van der Waals surface area (Å²) in [5, 5.41) is 4.08. The van der Waals surface area contributed by atoms with Crippen molar-refractivity contribution in [3.05, 3.63) is 0 Å². The number of alkyl halides is 1. The predicted octanol–water partition coefficient (Wildman–Crippen LogP) is 3.10. The number of halogens is 1. The van der Waals surface area contributed by atoms with E-state index in [2.05, 4.69) is 35.1 Å². The van der Waals surface area contributed by atoms with E-state index in [4.69, 9.17) is 0 Å². The van der Waals surface area contributed by atoms with Gasteiger partial charge in [0.25, 0.3) is 0 Å². The fraction of sp³-hybridized carbons (Fsp3) is 0.917. The van der Waals surface area contributed by atoms with Crippen LogP contribution in [0.25, 0.3) is 0 Å². The highest BCUT2D eigenvalue weighted by Gasteiger charge is 2.29. The van der Waals surface area contributed by atoms with Gasteiger partial charge in [0.15, 0.2) is 0 Å². The van der Waals surface area contributed by atoms with Crippen LogP contribution in [0.4, 0.5) is 0 Å². The van der Waals surface area contributed by atoms with Crippen molar-refractivity contribution in [2.45, 2.75) is 46.0 Å². The molecule has 1 aliphatic carbocycles. The average molecular weight is 276 g/mol. The SMILES string of the molecule is CCC(CC)(CBr)CNC(=O)C1CCC1. The number of hydrogen-bond acceptors (Lipinski definition) is 1. The van der Waals surface area contributed by atoms with Crippen LogP contribution in [0.5, 0.6) is 0 Å². The molecule has 0 spiro atoms. The molecule has 0 heterocycles. The van der Waals surface area contributed by atoms with Crippen molar-refractivity contribution >= 4 is 21.8 Å². The molecule has 0 aliphatic heterocycles. The van der Waals surface area contributed by atoms with Crippen LogP contribution in [0.15, 0.2) is 0 Å². The van der Waals surface area contributed by atoms with Crippen LogP contribution in [0.1, 0.15) is 46.0 Å². The Hall–Kier alpha value is -0.0500. The van der Waals surface area contributed by atoms with E-state index in [0.717, 1.165) is 37.6 Å². The summed E-state index contributed by atoms with van der Waals surface area (Å²) in [7, 11) is 0. The molecule has 1 rings (SSSR count). The van der Waals surface area contributed by atoms with Gasteiger partial charge < -0.3 is 5.32 Å². The van der Waals surface area contributed by atoms with E-state index in [0.29, 0.717) is 5.92 Å². The van der Waals surface area contributed by atoms with E-state index < -0.39 is 0 Å². The van der Waals surface area contributed by atoms with E-state index >= 15 is 0 Å². The van der Waals surface area contributed by atoms with Gasteiger partial charge in [0.2, 0.25) is 5.91 Å². The highest BCUT2D eigenvalue weighted by Crippen LogP contribution is 2.29. The third-order valence-electron chi connectivity index (χ3n) is 3.90. The lowest BCUT2D eigenvalue weighted by molar-refractivity contribution is -0.127. The fourth-order valence-corrected chi connectivity index (χ4v) is 2.82. The topological polar surface area (TPSA) is 29.1 Å². The number of nitrogens with one attached hydrogen (secondary N) is 1.